The predicted molar refractivity (Wildman–Crippen MR) is 77.8 cm³/mol. The van der Waals surface area contributed by atoms with Crippen LogP contribution in [0.15, 0.2) is 22.7 Å². The Hall–Kier alpha value is -1.63. The summed E-state index contributed by atoms with van der Waals surface area (Å²) in [5, 5.41) is 23.1. The van der Waals surface area contributed by atoms with E-state index in [1.165, 1.54) is 12.1 Å². The molecule has 6 nitrogen and oxygen atoms in total. The van der Waals surface area contributed by atoms with Crippen LogP contribution in [0.3, 0.4) is 0 Å². The first-order valence-corrected chi connectivity index (χ1v) is 7.21. The monoisotopic (exact) mass is 342 g/mol. The Labute approximate surface area is 124 Å². The van der Waals surface area contributed by atoms with E-state index < -0.39 is 16.8 Å². The van der Waals surface area contributed by atoms with Gasteiger partial charge in [0.05, 0.1) is 10.8 Å². The Morgan fingerprint density at radius 3 is 2.70 bits per heavy atom. The minimum Gasteiger partial charge on any atom is -0.481 e. The van der Waals surface area contributed by atoms with Crippen molar-refractivity contribution in [2.24, 2.45) is 5.92 Å². The van der Waals surface area contributed by atoms with Gasteiger partial charge >= 0.3 is 5.97 Å². The van der Waals surface area contributed by atoms with Gasteiger partial charge in [0.1, 0.15) is 0 Å². The zero-order valence-electron chi connectivity index (χ0n) is 10.7. The van der Waals surface area contributed by atoms with Crippen molar-refractivity contribution in [2.45, 2.75) is 31.7 Å². The minimum atomic E-state index is -0.791. The lowest BCUT2D eigenvalue weighted by atomic mass is 9.84. The number of nitro benzene ring substituents is 1. The van der Waals surface area contributed by atoms with Crippen LogP contribution in [0.2, 0.25) is 0 Å². The summed E-state index contributed by atoms with van der Waals surface area (Å²) in [7, 11) is 0. The number of hydrogen-bond donors (Lipinski definition) is 2. The van der Waals surface area contributed by atoms with Gasteiger partial charge in [-0.1, -0.05) is 12.8 Å². The van der Waals surface area contributed by atoms with Gasteiger partial charge in [-0.25, -0.2) is 0 Å². The number of anilines is 1. The average Bonchev–Trinajstić information content (AvgIpc) is 2.41. The summed E-state index contributed by atoms with van der Waals surface area (Å²) in [4.78, 5) is 21.5. The molecule has 0 spiro atoms. The number of hydrogen-bond acceptors (Lipinski definition) is 4. The first kappa shape index (κ1) is 14.8. The molecular weight excluding hydrogens is 328 g/mol. The van der Waals surface area contributed by atoms with Crippen molar-refractivity contribution in [1.82, 2.24) is 0 Å². The number of nitrogens with one attached hydrogen (secondary N) is 1. The molecule has 0 aromatic heterocycles. The fourth-order valence-electron chi connectivity index (χ4n) is 2.53. The number of carbonyl (C=O) groups is 1. The van der Waals surface area contributed by atoms with E-state index in [-0.39, 0.29) is 11.7 Å². The molecule has 20 heavy (non-hydrogen) atoms. The lowest BCUT2D eigenvalue weighted by Gasteiger charge is -2.30. The van der Waals surface area contributed by atoms with Crippen LogP contribution in [0.1, 0.15) is 25.7 Å². The van der Waals surface area contributed by atoms with Crippen LogP contribution in [0.25, 0.3) is 0 Å². The highest BCUT2D eigenvalue weighted by atomic mass is 79.9. The topological polar surface area (TPSA) is 92.5 Å². The van der Waals surface area contributed by atoms with Gasteiger partial charge in [-0.3, -0.25) is 14.9 Å². The average molecular weight is 343 g/mol. The van der Waals surface area contributed by atoms with Crippen LogP contribution in [-0.4, -0.2) is 22.0 Å². The van der Waals surface area contributed by atoms with Crippen molar-refractivity contribution in [3.05, 3.63) is 32.8 Å². The largest absolute Gasteiger partial charge is 0.481 e. The van der Waals surface area contributed by atoms with Crippen molar-refractivity contribution in [3.63, 3.8) is 0 Å². The number of nitro groups is 1. The highest BCUT2D eigenvalue weighted by Crippen LogP contribution is 2.32. The molecule has 0 amide bonds. The van der Waals surface area contributed by atoms with Crippen LogP contribution >= 0.6 is 15.9 Å². The van der Waals surface area contributed by atoms with Gasteiger partial charge in [0.25, 0.3) is 5.69 Å². The maximum absolute atomic E-state index is 11.2. The highest BCUT2D eigenvalue weighted by molar-refractivity contribution is 9.10. The molecule has 1 aromatic carbocycles. The number of nitrogens with zero attached hydrogens (tertiary/aromatic N) is 1. The number of carboxylic acids is 1. The molecule has 2 N–H and O–H groups in total. The van der Waals surface area contributed by atoms with E-state index in [1.807, 2.05) is 0 Å². The third-order valence-electron chi connectivity index (χ3n) is 3.59. The van der Waals surface area contributed by atoms with Gasteiger partial charge in [0, 0.05) is 28.3 Å². The number of benzene rings is 1. The minimum absolute atomic E-state index is 0.000791. The predicted octanol–water partition coefficient (Wildman–Crippen LogP) is 3.41. The van der Waals surface area contributed by atoms with E-state index in [0.29, 0.717) is 16.6 Å². The van der Waals surface area contributed by atoms with E-state index >= 15 is 0 Å². The Kier molecular flexibility index (Phi) is 4.59. The molecule has 0 saturated heterocycles. The lowest BCUT2D eigenvalue weighted by Crippen LogP contribution is -2.37. The Balaban J connectivity index is 2.16. The van der Waals surface area contributed by atoms with Crippen molar-refractivity contribution in [2.75, 3.05) is 5.32 Å². The molecule has 0 bridgehead atoms. The van der Waals surface area contributed by atoms with Crippen LogP contribution in [-0.2, 0) is 4.79 Å². The zero-order chi connectivity index (χ0) is 14.7. The van der Waals surface area contributed by atoms with E-state index in [4.69, 9.17) is 0 Å². The summed E-state index contributed by atoms with van der Waals surface area (Å²) in [5.41, 5.74) is 0.689. The van der Waals surface area contributed by atoms with Gasteiger partial charge in [-0.05, 0) is 34.8 Å². The molecular formula is C13H15BrN2O4. The second-order valence-electron chi connectivity index (χ2n) is 4.90. The fraction of sp³-hybridized carbons (Fsp3) is 0.462. The molecule has 2 atom stereocenters. The molecule has 0 aliphatic heterocycles. The van der Waals surface area contributed by atoms with E-state index in [1.54, 1.807) is 6.07 Å². The fourth-order valence-corrected chi connectivity index (χ4v) is 3.01. The Morgan fingerprint density at radius 2 is 2.10 bits per heavy atom. The molecule has 1 aromatic rings. The number of aliphatic carboxylic acids is 1. The number of halogens is 1. The van der Waals surface area contributed by atoms with E-state index in [9.17, 15) is 20.0 Å². The SMILES string of the molecule is O=C(O)C1CCCCC1Nc1ccc([N+](=O)[O-])cc1Br. The molecule has 0 radical (unpaired) electrons. The zero-order valence-corrected chi connectivity index (χ0v) is 12.3. The van der Waals surface area contributed by atoms with E-state index in [2.05, 4.69) is 21.2 Å². The number of non-ortho nitro benzene ring substituents is 1. The Morgan fingerprint density at radius 1 is 1.40 bits per heavy atom. The third-order valence-corrected chi connectivity index (χ3v) is 4.24. The standard InChI is InChI=1S/C13H15BrN2O4/c14-10-7-8(16(19)20)5-6-12(10)15-11-4-2-1-3-9(11)13(17)18/h5-7,9,11,15H,1-4H2,(H,17,18). The number of rotatable bonds is 4. The summed E-state index contributed by atoms with van der Waals surface area (Å²) >= 11 is 3.28. The van der Waals surface area contributed by atoms with Crippen molar-refractivity contribution in [3.8, 4) is 0 Å². The van der Waals surface area contributed by atoms with E-state index in [0.717, 1.165) is 19.3 Å². The lowest BCUT2D eigenvalue weighted by molar-refractivity contribution is -0.384. The highest BCUT2D eigenvalue weighted by Gasteiger charge is 2.31. The van der Waals surface area contributed by atoms with Gasteiger partial charge in [-0.2, -0.15) is 0 Å². The van der Waals surface area contributed by atoms with Gasteiger partial charge in [-0.15, -0.1) is 0 Å². The first-order valence-electron chi connectivity index (χ1n) is 6.42. The summed E-state index contributed by atoms with van der Waals surface area (Å²) in [6.45, 7) is 0. The third kappa shape index (κ3) is 3.27. The molecule has 1 aliphatic carbocycles. The van der Waals surface area contributed by atoms with Gasteiger partial charge in [0.2, 0.25) is 0 Å². The second-order valence-corrected chi connectivity index (χ2v) is 5.76. The molecule has 1 fully saturated rings. The van der Waals surface area contributed by atoms with Crippen molar-refractivity contribution < 1.29 is 14.8 Å². The second kappa shape index (κ2) is 6.21. The van der Waals surface area contributed by atoms with Gasteiger partial charge < -0.3 is 10.4 Å². The number of carboxylic acid groups (broad SMARTS) is 1. The molecule has 1 aliphatic rings. The van der Waals surface area contributed by atoms with Crippen LogP contribution in [0, 0.1) is 16.0 Å². The molecule has 1 saturated carbocycles. The maximum Gasteiger partial charge on any atom is 0.308 e. The smallest absolute Gasteiger partial charge is 0.308 e. The molecule has 108 valence electrons. The van der Waals surface area contributed by atoms with Crippen LogP contribution < -0.4 is 5.32 Å². The van der Waals surface area contributed by atoms with Crippen molar-refractivity contribution in [1.29, 1.82) is 0 Å². The van der Waals surface area contributed by atoms with Crippen molar-refractivity contribution >= 4 is 33.3 Å². The summed E-state index contributed by atoms with van der Waals surface area (Å²) < 4.78 is 0.571. The quantitative estimate of drug-likeness (QED) is 0.646. The molecule has 0 heterocycles. The van der Waals surface area contributed by atoms with Crippen LogP contribution in [0.5, 0.6) is 0 Å². The summed E-state index contributed by atoms with van der Waals surface area (Å²) in [6.07, 6.45) is 3.38. The summed E-state index contributed by atoms with van der Waals surface area (Å²) in [6, 6.07) is 4.29. The van der Waals surface area contributed by atoms with Gasteiger partial charge in [0.15, 0.2) is 0 Å². The summed E-state index contributed by atoms with van der Waals surface area (Å²) in [5.74, 6) is -1.20. The molecule has 2 rings (SSSR count). The first-order chi connectivity index (χ1) is 9.49. The molecule has 2 unspecified atom stereocenters. The Bertz CT molecular complexity index is 535. The van der Waals surface area contributed by atoms with Crippen LogP contribution in [0.4, 0.5) is 11.4 Å². The molecule has 7 heteroatoms. The maximum atomic E-state index is 11.2. The normalized spacial score (nSPS) is 22.2.